The Labute approximate surface area is 170 Å². The molecule has 1 N–H and O–H groups in total. The van der Waals surface area contributed by atoms with Gasteiger partial charge in [0.05, 0.1) is 0 Å². The lowest BCUT2D eigenvalue weighted by atomic mass is 10.0. The first kappa shape index (κ1) is 18.7. The van der Waals surface area contributed by atoms with Crippen LogP contribution < -0.4 is 5.32 Å². The second-order valence-corrected chi connectivity index (χ2v) is 7.02. The van der Waals surface area contributed by atoms with Crippen molar-refractivity contribution >= 4 is 17.6 Å². The molecule has 1 saturated heterocycles. The lowest BCUT2D eigenvalue weighted by Gasteiger charge is -2.34. The number of para-hydroxylation sites is 1. The third kappa shape index (κ3) is 4.46. The summed E-state index contributed by atoms with van der Waals surface area (Å²) in [7, 11) is 0. The first-order valence-corrected chi connectivity index (χ1v) is 9.76. The first-order valence-electron chi connectivity index (χ1n) is 9.76. The number of nitrogens with one attached hydrogen (secondary N) is 1. The third-order valence-corrected chi connectivity index (χ3v) is 5.10. The maximum Gasteiger partial charge on any atom is 0.321 e. The number of nitrogens with zero attached hydrogens (tertiary/aromatic N) is 2. The predicted octanol–water partition coefficient (Wildman–Crippen LogP) is 4.34. The van der Waals surface area contributed by atoms with Gasteiger partial charge in [-0.25, -0.2) is 4.79 Å². The molecule has 1 aliphatic heterocycles. The van der Waals surface area contributed by atoms with Crippen LogP contribution in [0, 0.1) is 0 Å². The van der Waals surface area contributed by atoms with Crippen LogP contribution in [0.2, 0.25) is 0 Å². The van der Waals surface area contributed by atoms with Gasteiger partial charge in [0.15, 0.2) is 0 Å². The van der Waals surface area contributed by atoms with Gasteiger partial charge in [-0.2, -0.15) is 0 Å². The molecule has 0 radical (unpaired) electrons. The van der Waals surface area contributed by atoms with Crippen LogP contribution >= 0.6 is 0 Å². The molecule has 1 fully saturated rings. The number of carbonyl (C=O) groups excluding carboxylic acids is 2. The lowest BCUT2D eigenvalue weighted by molar-refractivity contribution is 0.0672. The molecule has 0 aliphatic carbocycles. The Morgan fingerprint density at radius 2 is 1.24 bits per heavy atom. The fourth-order valence-corrected chi connectivity index (χ4v) is 3.48. The van der Waals surface area contributed by atoms with Gasteiger partial charge >= 0.3 is 6.03 Å². The summed E-state index contributed by atoms with van der Waals surface area (Å²) < 4.78 is 0. The van der Waals surface area contributed by atoms with Crippen molar-refractivity contribution in [3.63, 3.8) is 0 Å². The second kappa shape index (κ2) is 8.61. The Hall–Kier alpha value is -3.60. The first-order chi connectivity index (χ1) is 14.2. The Morgan fingerprint density at radius 3 is 1.93 bits per heavy atom. The highest BCUT2D eigenvalue weighted by Crippen LogP contribution is 2.21. The number of carbonyl (C=O) groups is 2. The van der Waals surface area contributed by atoms with Crippen LogP contribution in [0.15, 0.2) is 84.9 Å². The largest absolute Gasteiger partial charge is 0.335 e. The Kier molecular flexibility index (Phi) is 5.56. The third-order valence-electron chi connectivity index (χ3n) is 5.10. The fraction of sp³-hybridized carbons (Fsp3) is 0.167. The van der Waals surface area contributed by atoms with E-state index in [9.17, 15) is 9.59 Å². The number of urea groups is 1. The zero-order valence-corrected chi connectivity index (χ0v) is 16.1. The SMILES string of the molecule is O=C(Nc1ccccc1)N1CCN(C(=O)c2cccc(-c3ccccc3)c2)CC1. The number of hydrogen-bond acceptors (Lipinski definition) is 2. The topological polar surface area (TPSA) is 52.7 Å². The van der Waals surface area contributed by atoms with E-state index < -0.39 is 0 Å². The van der Waals surface area contributed by atoms with Gasteiger partial charge in [0.25, 0.3) is 5.91 Å². The number of piperazine rings is 1. The van der Waals surface area contributed by atoms with E-state index in [-0.39, 0.29) is 11.9 Å². The van der Waals surface area contributed by atoms with Crippen LogP contribution in [-0.4, -0.2) is 47.9 Å². The van der Waals surface area contributed by atoms with Gasteiger partial charge in [-0.05, 0) is 35.4 Å². The molecule has 1 aliphatic rings. The quantitative estimate of drug-likeness (QED) is 0.729. The molecule has 1 heterocycles. The van der Waals surface area contributed by atoms with Crippen LogP contribution in [0.1, 0.15) is 10.4 Å². The molecule has 0 saturated carbocycles. The van der Waals surface area contributed by atoms with Crippen molar-refractivity contribution in [2.75, 3.05) is 31.5 Å². The maximum atomic E-state index is 13.0. The van der Waals surface area contributed by atoms with Crippen LogP contribution in [-0.2, 0) is 0 Å². The highest BCUT2D eigenvalue weighted by molar-refractivity contribution is 5.96. The zero-order chi connectivity index (χ0) is 20.1. The van der Waals surface area contributed by atoms with Crippen molar-refractivity contribution in [2.45, 2.75) is 0 Å². The molecule has 5 nitrogen and oxygen atoms in total. The van der Waals surface area contributed by atoms with Crippen LogP contribution in [0.25, 0.3) is 11.1 Å². The van der Waals surface area contributed by atoms with Gasteiger partial charge in [0.1, 0.15) is 0 Å². The van der Waals surface area contributed by atoms with Crippen molar-refractivity contribution in [3.05, 3.63) is 90.5 Å². The molecule has 5 heteroatoms. The molecular formula is C24H23N3O2. The molecule has 0 spiro atoms. The summed E-state index contributed by atoms with van der Waals surface area (Å²) in [6, 6.07) is 27.0. The molecule has 0 unspecified atom stereocenters. The van der Waals surface area contributed by atoms with Crippen molar-refractivity contribution in [2.24, 2.45) is 0 Å². The van der Waals surface area contributed by atoms with E-state index >= 15 is 0 Å². The number of hydrogen-bond donors (Lipinski definition) is 1. The second-order valence-electron chi connectivity index (χ2n) is 7.02. The van der Waals surface area contributed by atoms with Gasteiger partial charge in [-0.1, -0.05) is 60.7 Å². The summed E-state index contributed by atoms with van der Waals surface area (Å²) in [5.41, 5.74) is 3.56. The van der Waals surface area contributed by atoms with E-state index in [2.05, 4.69) is 5.32 Å². The van der Waals surface area contributed by atoms with Gasteiger partial charge in [0, 0.05) is 37.4 Å². The van der Waals surface area contributed by atoms with E-state index in [1.807, 2.05) is 89.8 Å². The van der Waals surface area contributed by atoms with E-state index in [1.54, 1.807) is 4.90 Å². The van der Waals surface area contributed by atoms with Crippen LogP contribution in [0.4, 0.5) is 10.5 Å². The predicted molar refractivity (Wildman–Crippen MR) is 115 cm³/mol. The van der Waals surface area contributed by atoms with Crippen LogP contribution in [0.3, 0.4) is 0 Å². The number of amides is 3. The van der Waals surface area contributed by atoms with E-state index in [0.29, 0.717) is 31.7 Å². The molecule has 0 bridgehead atoms. The maximum absolute atomic E-state index is 13.0. The molecule has 3 amide bonds. The monoisotopic (exact) mass is 385 g/mol. The molecule has 4 rings (SSSR count). The average molecular weight is 385 g/mol. The Balaban J connectivity index is 1.37. The minimum Gasteiger partial charge on any atom is -0.335 e. The lowest BCUT2D eigenvalue weighted by Crippen LogP contribution is -2.51. The molecule has 146 valence electrons. The minimum absolute atomic E-state index is 0.00546. The summed E-state index contributed by atoms with van der Waals surface area (Å²) in [6.07, 6.45) is 0. The summed E-state index contributed by atoms with van der Waals surface area (Å²) >= 11 is 0. The minimum atomic E-state index is -0.130. The van der Waals surface area contributed by atoms with Crippen molar-refractivity contribution in [1.29, 1.82) is 0 Å². The van der Waals surface area contributed by atoms with Crippen LogP contribution in [0.5, 0.6) is 0 Å². The normalized spacial score (nSPS) is 13.8. The van der Waals surface area contributed by atoms with E-state index in [4.69, 9.17) is 0 Å². The summed E-state index contributed by atoms with van der Waals surface area (Å²) in [5, 5.41) is 2.90. The molecular weight excluding hydrogens is 362 g/mol. The van der Waals surface area contributed by atoms with Gasteiger partial charge in [-0.3, -0.25) is 4.79 Å². The molecule has 3 aromatic rings. The van der Waals surface area contributed by atoms with Crippen molar-refractivity contribution < 1.29 is 9.59 Å². The molecule has 29 heavy (non-hydrogen) atoms. The van der Waals surface area contributed by atoms with E-state index in [1.165, 1.54) is 0 Å². The number of benzene rings is 3. The number of rotatable bonds is 3. The van der Waals surface area contributed by atoms with Crippen molar-refractivity contribution in [1.82, 2.24) is 9.80 Å². The fourth-order valence-electron chi connectivity index (χ4n) is 3.48. The summed E-state index contributed by atoms with van der Waals surface area (Å²) in [6.45, 7) is 2.08. The summed E-state index contributed by atoms with van der Waals surface area (Å²) in [4.78, 5) is 28.9. The standard InChI is InChI=1S/C24H23N3O2/c28-23(21-11-7-10-20(18-21)19-8-3-1-4-9-19)26-14-16-27(17-15-26)24(29)25-22-12-5-2-6-13-22/h1-13,18H,14-17H2,(H,25,29). The molecule has 0 atom stereocenters. The van der Waals surface area contributed by atoms with E-state index in [0.717, 1.165) is 16.8 Å². The Bertz CT molecular complexity index is 981. The highest BCUT2D eigenvalue weighted by Gasteiger charge is 2.25. The highest BCUT2D eigenvalue weighted by atomic mass is 16.2. The number of anilines is 1. The zero-order valence-electron chi connectivity index (χ0n) is 16.1. The van der Waals surface area contributed by atoms with Gasteiger partial charge in [-0.15, -0.1) is 0 Å². The smallest absolute Gasteiger partial charge is 0.321 e. The average Bonchev–Trinajstić information content (AvgIpc) is 2.80. The van der Waals surface area contributed by atoms with Gasteiger partial charge in [0.2, 0.25) is 0 Å². The molecule has 3 aromatic carbocycles. The summed E-state index contributed by atoms with van der Waals surface area (Å²) in [5.74, 6) is 0.00546. The Morgan fingerprint density at radius 1 is 0.655 bits per heavy atom. The van der Waals surface area contributed by atoms with Gasteiger partial charge < -0.3 is 15.1 Å². The van der Waals surface area contributed by atoms with Crippen molar-refractivity contribution in [3.8, 4) is 11.1 Å². The molecule has 0 aromatic heterocycles.